The number of halogens is 3. The molecule has 0 bridgehead atoms. The number of alkyl halides is 3. The van der Waals surface area contributed by atoms with E-state index in [2.05, 4.69) is 11.8 Å². The van der Waals surface area contributed by atoms with Gasteiger partial charge in [0.1, 0.15) is 0 Å². The predicted octanol–water partition coefficient (Wildman–Crippen LogP) is 5.30. The van der Waals surface area contributed by atoms with Crippen molar-refractivity contribution < 1.29 is 18.3 Å². The number of rotatable bonds is 2. The van der Waals surface area contributed by atoms with Crippen molar-refractivity contribution in [3.05, 3.63) is 59.2 Å². The molecule has 0 unspecified atom stereocenters. The van der Waals surface area contributed by atoms with Crippen LogP contribution in [0.5, 0.6) is 5.75 Å². The molecule has 2 aromatic rings. The first kappa shape index (κ1) is 16.3. The number of hydrogen-bond donors (Lipinski definition) is 0. The highest BCUT2D eigenvalue weighted by molar-refractivity contribution is 7.99. The second-order valence-electron chi connectivity index (χ2n) is 4.60. The molecule has 0 aliphatic carbocycles. The van der Waals surface area contributed by atoms with E-state index < -0.39 is 11.7 Å². The Balaban J connectivity index is 2.01. The van der Waals surface area contributed by atoms with Gasteiger partial charge >= 0.3 is 6.18 Å². The van der Waals surface area contributed by atoms with E-state index in [1.807, 2.05) is 0 Å². The monoisotopic (exact) mass is 321 g/mol. The molecule has 0 atom stereocenters. The molecule has 0 heterocycles. The Labute approximate surface area is 131 Å². The van der Waals surface area contributed by atoms with E-state index in [4.69, 9.17) is 0 Å². The van der Waals surface area contributed by atoms with Crippen LogP contribution in [0, 0.1) is 18.8 Å². The van der Waals surface area contributed by atoms with Crippen LogP contribution in [0.1, 0.15) is 16.7 Å². The van der Waals surface area contributed by atoms with Crippen LogP contribution in [0.4, 0.5) is 13.2 Å². The minimum Gasteiger partial charge on any atom is -0.290 e. The Morgan fingerprint density at radius 2 is 1.91 bits per heavy atom. The van der Waals surface area contributed by atoms with Gasteiger partial charge in [-0.25, -0.2) is 0 Å². The molecule has 0 saturated carbocycles. The van der Waals surface area contributed by atoms with Gasteiger partial charge in [-0.1, -0.05) is 17.9 Å². The summed E-state index contributed by atoms with van der Waals surface area (Å²) in [5, 5.41) is 11.3. The Hall–Kier alpha value is -2.06. The minimum absolute atomic E-state index is 0.0144. The van der Waals surface area contributed by atoms with Gasteiger partial charge in [0.05, 0.1) is 11.3 Å². The number of benzene rings is 2. The van der Waals surface area contributed by atoms with Crippen LogP contribution >= 0.6 is 11.8 Å². The van der Waals surface area contributed by atoms with Crippen molar-refractivity contribution in [2.75, 3.05) is 5.75 Å². The van der Waals surface area contributed by atoms with Gasteiger partial charge in [0.15, 0.2) is 5.75 Å². The molecular weight excluding hydrogens is 309 g/mol. The average Bonchev–Trinajstić information content (AvgIpc) is 2.47. The summed E-state index contributed by atoms with van der Waals surface area (Å²) in [6.07, 6.45) is -4.36. The maximum absolute atomic E-state index is 12.6. The number of aryl methyl sites for hydroxylation is 1. The van der Waals surface area contributed by atoms with Crippen molar-refractivity contribution in [3.8, 4) is 17.6 Å². The standard InChI is InChI=1S/C17H12F3OS/c1-12-10-15(7-8-16(12)21)22-9-3-5-13-4-2-6-14(11-13)17(18,19)20/h2,4,6-8,10-11H,9H2,1H3. The van der Waals surface area contributed by atoms with Crippen molar-refractivity contribution in [3.63, 3.8) is 0 Å². The van der Waals surface area contributed by atoms with E-state index in [9.17, 15) is 18.3 Å². The summed E-state index contributed by atoms with van der Waals surface area (Å²) >= 11 is 1.44. The first-order chi connectivity index (χ1) is 10.4. The molecule has 0 N–H and O–H groups in total. The van der Waals surface area contributed by atoms with Gasteiger partial charge in [0.2, 0.25) is 0 Å². The lowest BCUT2D eigenvalue weighted by atomic mass is 10.1. The number of thioether (sulfide) groups is 1. The zero-order valence-electron chi connectivity index (χ0n) is 11.7. The first-order valence-electron chi connectivity index (χ1n) is 6.43. The van der Waals surface area contributed by atoms with E-state index in [0.717, 1.165) is 17.0 Å². The van der Waals surface area contributed by atoms with Gasteiger partial charge in [-0.15, -0.1) is 11.8 Å². The Kier molecular flexibility index (Phi) is 5.04. The molecule has 0 fully saturated rings. The fourth-order valence-electron chi connectivity index (χ4n) is 1.74. The van der Waals surface area contributed by atoms with Crippen LogP contribution in [0.3, 0.4) is 0 Å². The van der Waals surface area contributed by atoms with Gasteiger partial charge in [-0.05, 0) is 48.9 Å². The highest BCUT2D eigenvalue weighted by atomic mass is 32.2. The van der Waals surface area contributed by atoms with Gasteiger partial charge in [-0.3, -0.25) is 5.11 Å². The third kappa shape index (κ3) is 4.47. The van der Waals surface area contributed by atoms with Crippen LogP contribution in [-0.2, 0) is 11.3 Å². The molecule has 5 heteroatoms. The normalized spacial score (nSPS) is 10.9. The molecule has 113 valence electrons. The van der Waals surface area contributed by atoms with Gasteiger partial charge < -0.3 is 0 Å². The summed E-state index contributed by atoms with van der Waals surface area (Å²) in [6, 6.07) is 9.93. The number of hydrogen-bond acceptors (Lipinski definition) is 1. The quantitative estimate of drug-likeness (QED) is 0.543. The lowest BCUT2D eigenvalue weighted by molar-refractivity contribution is -0.137. The van der Waals surface area contributed by atoms with Crippen molar-refractivity contribution in [1.29, 1.82) is 0 Å². The van der Waals surface area contributed by atoms with E-state index >= 15 is 0 Å². The molecule has 0 aliphatic rings. The average molecular weight is 321 g/mol. The molecule has 1 nitrogen and oxygen atoms in total. The van der Waals surface area contributed by atoms with E-state index in [1.165, 1.54) is 23.9 Å². The Morgan fingerprint density at radius 1 is 1.14 bits per heavy atom. The Bertz CT molecular complexity index is 727. The highest BCUT2D eigenvalue weighted by Gasteiger charge is 2.30. The summed E-state index contributed by atoms with van der Waals surface area (Å²) in [5.41, 5.74) is 0.297. The lowest BCUT2D eigenvalue weighted by Crippen LogP contribution is -2.04. The van der Waals surface area contributed by atoms with Crippen LogP contribution in [0.15, 0.2) is 47.4 Å². The molecule has 1 radical (unpaired) electrons. The first-order valence-corrected chi connectivity index (χ1v) is 7.41. The predicted molar refractivity (Wildman–Crippen MR) is 80.4 cm³/mol. The topological polar surface area (TPSA) is 19.9 Å². The van der Waals surface area contributed by atoms with Crippen molar-refractivity contribution in [1.82, 2.24) is 0 Å². The summed E-state index contributed by atoms with van der Waals surface area (Å²) in [5.74, 6) is 5.98. The molecule has 2 aromatic carbocycles. The minimum atomic E-state index is -4.36. The molecular formula is C17H12F3OS. The third-order valence-electron chi connectivity index (χ3n) is 2.88. The summed E-state index contributed by atoms with van der Waals surface area (Å²) in [7, 11) is 0. The molecule has 0 amide bonds. The largest absolute Gasteiger partial charge is 0.416 e. The Morgan fingerprint density at radius 3 is 2.59 bits per heavy atom. The van der Waals surface area contributed by atoms with Crippen LogP contribution < -0.4 is 0 Å². The highest BCUT2D eigenvalue weighted by Crippen LogP contribution is 2.29. The lowest BCUT2D eigenvalue weighted by Gasteiger charge is -2.05. The van der Waals surface area contributed by atoms with Gasteiger partial charge in [0, 0.05) is 10.5 Å². The summed E-state index contributed by atoms with van der Waals surface area (Å²) in [4.78, 5) is 0.912. The molecule has 2 rings (SSSR count). The van der Waals surface area contributed by atoms with Crippen molar-refractivity contribution >= 4 is 11.8 Å². The van der Waals surface area contributed by atoms with Gasteiger partial charge in [0.25, 0.3) is 0 Å². The van der Waals surface area contributed by atoms with Crippen LogP contribution in [-0.4, -0.2) is 5.75 Å². The second kappa shape index (κ2) is 6.80. The third-order valence-corrected chi connectivity index (χ3v) is 3.76. The zero-order valence-corrected chi connectivity index (χ0v) is 12.5. The molecule has 0 spiro atoms. The van der Waals surface area contributed by atoms with E-state index in [-0.39, 0.29) is 5.75 Å². The maximum atomic E-state index is 12.6. The molecule has 22 heavy (non-hydrogen) atoms. The molecule has 0 aromatic heterocycles. The molecule has 0 saturated heterocycles. The maximum Gasteiger partial charge on any atom is 0.416 e. The zero-order chi connectivity index (χ0) is 16.2. The van der Waals surface area contributed by atoms with Crippen molar-refractivity contribution in [2.24, 2.45) is 0 Å². The molecule has 0 aliphatic heterocycles. The van der Waals surface area contributed by atoms with Crippen molar-refractivity contribution in [2.45, 2.75) is 18.0 Å². The van der Waals surface area contributed by atoms with Crippen LogP contribution in [0.2, 0.25) is 0 Å². The van der Waals surface area contributed by atoms with Crippen LogP contribution in [0.25, 0.3) is 0 Å². The fraction of sp³-hybridized carbons (Fsp3) is 0.176. The van der Waals surface area contributed by atoms with E-state index in [0.29, 0.717) is 16.9 Å². The smallest absolute Gasteiger partial charge is 0.290 e. The summed E-state index contributed by atoms with van der Waals surface area (Å²) in [6.45, 7) is 1.74. The SMILES string of the molecule is Cc1cc(SCC#Cc2cccc(C(F)(F)F)c2)ccc1[O]. The van der Waals surface area contributed by atoms with E-state index in [1.54, 1.807) is 25.1 Å². The fourth-order valence-corrected chi connectivity index (χ4v) is 2.48. The van der Waals surface area contributed by atoms with Gasteiger partial charge in [-0.2, -0.15) is 13.2 Å². The summed E-state index contributed by atoms with van der Waals surface area (Å²) < 4.78 is 37.7. The second-order valence-corrected chi connectivity index (χ2v) is 5.65.